The lowest BCUT2D eigenvalue weighted by atomic mass is 9.83. The lowest BCUT2D eigenvalue weighted by molar-refractivity contribution is -0.106. The maximum Gasteiger partial charge on any atom is 0.194 e. The first-order valence-electron chi connectivity index (χ1n) is 6.55. The number of hydrogen-bond donors (Lipinski definition) is 0. The van der Waals surface area contributed by atoms with E-state index in [9.17, 15) is 9.59 Å². The first-order chi connectivity index (χ1) is 10.2. The predicted octanol–water partition coefficient (Wildman–Crippen LogP) is 2.75. The van der Waals surface area contributed by atoms with Crippen molar-refractivity contribution in [2.24, 2.45) is 0 Å². The van der Waals surface area contributed by atoms with Gasteiger partial charge in [0.05, 0.1) is 0 Å². The van der Waals surface area contributed by atoms with E-state index in [2.05, 4.69) is 0 Å². The molecule has 0 heterocycles. The predicted molar refractivity (Wildman–Crippen MR) is 76.5 cm³/mol. The highest BCUT2D eigenvalue weighted by Crippen LogP contribution is 2.29. The van der Waals surface area contributed by atoms with Crippen molar-refractivity contribution < 1.29 is 19.1 Å². The molecule has 0 spiro atoms. The molecule has 0 fully saturated rings. The molecule has 0 atom stereocenters. The van der Waals surface area contributed by atoms with Crippen molar-refractivity contribution in [2.45, 2.75) is 6.29 Å². The van der Waals surface area contributed by atoms with Gasteiger partial charge < -0.3 is 9.47 Å². The average Bonchev–Trinajstić information content (AvgIpc) is 2.54. The van der Waals surface area contributed by atoms with E-state index in [1.54, 1.807) is 42.5 Å². The highest BCUT2D eigenvalue weighted by Gasteiger charge is 2.30. The minimum atomic E-state index is -0.560. The first kappa shape index (κ1) is 13.7. The average molecular weight is 282 g/mol. The largest absolute Gasteiger partial charge is 0.352 e. The molecule has 0 amide bonds. The minimum absolute atomic E-state index is 0.127. The topological polar surface area (TPSA) is 52.6 Å². The Morgan fingerprint density at radius 2 is 1.29 bits per heavy atom. The minimum Gasteiger partial charge on any atom is -0.352 e. The Bertz CT molecular complexity index is 729. The van der Waals surface area contributed by atoms with Crippen LogP contribution in [-0.4, -0.2) is 25.8 Å². The van der Waals surface area contributed by atoms with E-state index < -0.39 is 6.29 Å². The lowest BCUT2D eigenvalue weighted by Crippen LogP contribution is -2.21. The van der Waals surface area contributed by atoms with Crippen LogP contribution >= 0.6 is 0 Å². The number of methoxy groups -OCH3 is 2. The number of benzene rings is 2. The molecule has 0 radical (unpaired) electrons. The summed E-state index contributed by atoms with van der Waals surface area (Å²) in [6, 6.07) is 11.9. The maximum absolute atomic E-state index is 12.6. The van der Waals surface area contributed by atoms with Crippen LogP contribution < -0.4 is 0 Å². The van der Waals surface area contributed by atoms with E-state index in [1.807, 2.05) is 0 Å². The Morgan fingerprint density at radius 3 is 1.86 bits per heavy atom. The molecule has 21 heavy (non-hydrogen) atoms. The van der Waals surface area contributed by atoms with Gasteiger partial charge in [-0.05, 0) is 12.1 Å². The summed E-state index contributed by atoms with van der Waals surface area (Å²) in [5.74, 6) is -0.272. The number of ether oxygens (including phenoxy) is 2. The van der Waals surface area contributed by atoms with E-state index >= 15 is 0 Å². The van der Waals surface area contributed by atoms with Gasteiger partial charge in [0.1, 0.15) is 0 Å². The molecule has 0 saturated carbocycles. The smallest absolute Gasteiger partial charge is 0.194 e. The van der Waals surface area contributed by atoms with Crippen LogP contribution in [0.15, 0.2) is 42.5 Å². The van der Waals surface area contributed by atoms with Crippen molar-refractivity contribution >= 4 is 11.6 Å². The number of ketones is 2. The molecule has 0 N–H and O–H groups in total. The molecule has 2 aromatic rings. The van der Waals surface area contributed by atoms with Crippen LogP contribution in [0.2, 0.25) is 0 Å². The molecule has 0 aromatic heterocycles. The number of fused-ring (bicyclic) bond motifs is 2. The number of carbonyl (C=O) groups excluding carboxylic acids is 2. The second kappa shape index (κ2) is 5.24. The van der Waals surface area contributed by atoms with Gasteiger partial charge in [0.2, 0.25) is 0 Å². The normalized spacial score (nSPS) is 13.3. The second-order valence-corrected chi connectivity index (χ2v) is 4.81. The van der Waals surface area contributed by atoms with Gasteiger partial charge in [-0.25, -0.2) is 0 Å². The molecule has 106 valence electrons. The maximum atomic E-state index is 12.6. The molecule has 1 aliphatic rings. The fourth-order valence-electron chi connectivity index (χ4n) is 2.63. The summed E-state index contributed by atoms with van der Waals surface area (Å²) in [6.45, 7) is 0. The fourth-order valence-corrected chi connectivity index (χ4v) is 2.63. The summed E-state index contributed by atoms with van der Waals surface area (Å²) >= 11 is 0. The number of hydrogen-bond acceptors (Lipinski definition) is 4. The van der Waals surface area contributed by atoms with Crippen molar-refractivity contribution in [3.8, 4) is 0 Å². The van der Waals surface area contributed by atoms with Gasteiger partial charge in [-0.15, -0.1) is 0 Å². The van der Waals surface area contributed by atoms with Crippen LogP contribution in [0.5, 0.6) is 0 Å². The van der Waals surface area contributed by atoms with Crippen molar-refractivity contribution in [3.05, 3.63) is 70.3 Å². The molecule has 0 unspecified atom stereocenters. The van der Waals surface area contributed by atoms with Gasteiger partial charge in [0.25, 0.3) is 0 Å². The molecule has 4 heteroatoms. The molecule has 0 bridgehead atoms. The summed E-state index contributed by atoms with van der Waals surface area (Å²) in [5, 5.41) is 0. The SMILES string of the molecule is COC(OC)c1ccc2c(c1)C(=O)c1ccccc1C2=O. The van der Waals surface area contributed by atoms with Crippen molar-refractivity contribution in [1.29, 1.82) is 0 Å². The van der Waals surface area contributed by atoms with Crippen LogP contribution in [0.1, 0.15) is 43.7 Å². The highest BCUT2D eigenvalue weighted by molar-refractivity contribution is 6.28. The van der Waals surface area contributed by atoms with Gasteiger partial charge in [-0.3, -0.25) is 9.59 Å². The zero-order valence-corrected chi connectivity index (χ0v) is 11.8. The third-order valence-electron chi connectivity index (χ3n) is 3.65. The van der Waals surface area contributed by atoms with E-state index in [4.69, 9.17) is 9.47 Å². The van der Waals surface area contributed by atoms with Crippen molar-refractivity contribution in [2.75, 3.05) is 14.2 Å². The van der Waals surface area contributed by atoms with Crippen LogP contribution in [-0.2, 0) is 9.47 Å². The Kier molecular flexibility index (Phi) is 3.41. The van der Waals surface area contributed by atoms with Crippen LogP contribution in [0.3, 0.4) is 0 Å². The van der Waals surface area contributed by atoms with E-state index in [0.717, 1.165) is 0 Å². The van der Waals surface area contributed by atoms with E-state index in [1.165, 1.54) is 14.2 Å². The van der Waals surface area contributed by atoms with Crippen LogP contribution in [0.4, 0.5) is 0 Å². The monoisotopic (exact) mass is 282 g/mol. The third-order valence-corrected chi connectivity index (χ3v) is 3.65. The Labute approximate surface area is 122 Å². The van der Waals surface area contributed by atoms with E-state index in [0.29, 0.717) is 27.8 Å². The zero-order chi connectivity index (χ0) is 15.0. The van der Waals surface area contributed by atoms with Gasteiger partial charge in [-0.1, -0.05) is 30.3 Å². The van der Waals surface area contributed by atoms with Gasteiger partial charge in [0.15, 0.2) is 17.9 Å². The molecular weight excluding hydrogens is 268 g/mol. The summed E-state index contributed by atoms with van der Waals surface area (Å²) in [5.41, 5.74) is 2.43. The van der Waals surface area contributed by atoms with Gasteiger partial charge in [-0.2, -0.15) is 0 Å². The zero-order valence-electron chi connectivity index (χ0n) is 11.8. The van der Waals surface area contributed by atoms with E-state index in [-0.39, 0.29) is 11.6 Å². The molecule has 1 aliphatic carbocycles. The van der Waals surface area contributed by atoms with Crippen molar-refractivity contribution in [3.63, 3.8) is 0 Å². The first-order valence-corrected chi connectivity index (χ1v) is 6.55. The van der Waals surface area contributed by atoms with Gasteiger partial charge in [0, 0.05) is 42.0 Å². The molecule has 3 rings (SSSR count). The quantitative estimate of drug-likeness (QED) is 0.693. The second-order valence-electron chi connectivity index (χ2n) is 4.81. The summed E-state index contributed by atoms with van der Waals surface area (Å²) in [6.07, 6.45) is -0.560. The molecule has 4 nitrogen and oxygen atoms in total. The molecule has 0 aliphatic heterocycles. The summed E-state index contributed by atoms with van der Waals surface area (Å²) in [4.78, 5) is 25.0. The van der Waals surface area contributed by atoms with Crippen molar-refractivity contribution in [1.82, 2.24) is 0 Å². The summed E-state index contributed by atoms with van der Waals surface area (Å²) < 4.78 is 10.4. The molecular formula is C17H14O4. The summed E-state index contributed by atoms with van der Waals surface area (Å²) in [7, 11) is 3.05. The Hall–Kier alpha value is -2.30. The van der Waals surface area contributed by atoms with Crippen LogP contribution in [0, 0.1) is 0 Å². The highest BCUT2D eigenvalue weighted by atomic mass is 16.7. The lowest BCUT2D eigenvalue weighted by Gasteiger charge is -2.20. The molecule has 0 saturated heterocycles. The number of rotatable bonds is 3. The molecule has 2 aromatic carbocycles. The van der Waals surface area contributed by atoms with Gasteiger partial charge >= 0.3 is 0 Å². The Balaban J connectivity index is 2.15. The van der Waals surface area contributed by atoms with Crippen LogP contribution in [0.25, 0.3) is 0 Å². The standard InChI is InChI=1S/C17H14O4/c1-20-17(21-2)10-7-8-13-14(9-10)16(19)12-6-4-3-5-11(12)15(13)18/h3-9,17H,1-2H3. The number of carbonyl (C=O) groups is 2. The third kappa shape index (κ3) is 2.09. The Morgan fingerprint density at radius 1 is 0.762 bits per heavy atom. The fraction of sp³-hybridized carbons (Fsp3) is 0.176.